The molecule has 0 bridgehead atoms. The highest BCUT2D eigenvalue weighted by molar-refractivity contribution is 6.30. The predicted molar refractivity (Wildman–Crippen MR) is 49.4 cm³/mol. The van der Waals surface area contributed by atoms with Crippen molar-refractivity contribution >= 4 is 23.1 Å². The summed E-state index contributed by atoms with van der Waals surface area (Å²) in [5.41, 5.74) is 7.54. The minimum Gasteiger partial charge on any atom is -0.383 e. The first-order valence-corrected chi connectivity index (χ1v) is 3.95. The molecule has 0 radical (unpaired) electrons. The third-order valence-electron chi connectivity index (χ3n) is 1.78. The zero-order valence-corrected chi connectivity index (χ0v) is 7.34. The molecular weight excluding hydrogens is 174 g/mol. The van der Waals surface area contributed by atoms with Gasteiger partial charge in [-0.3, -0.25) is 4.40 Å². The van der Waals surface area contributed by atoms with Gasteiger partial charge in [0.15, 0.2) is 0 Å². The normalized spacial score (nSPS) is 10.8. The predicted octanol–water partition coefficient (Wildman–Crippen LogP) is 1.88. The van der Waals surface area contributed by atoms with Gasteiger partial charge in [-0.15, -0.1) is 0 Å². The van der Waals surface area contributed by atoms with Crippen LogP contribution in [-0.4, -0.2) is 9.38 Å². The lowest BCUT2D eigenvalue weighted by molar-refractivity contribution is 1.17. The number of fused-ring (bicyclic) bond motifs is 1. The second-order valence-corrected chi connectivity index (χ2v) is 3.15. The van der Waals surface area contributed by atoms with E-state index in [0.29, 0.717) is 10.8 Å². The van der Waals surface area contributed by atoms with Crippen LogP contribution in [-0.2, 0) is 0 Å². The summed E-state index contributed by atoms with van der Waals surface area (Å²) in [7, 11) is 0. The van der Waals surface area contributed by atoms with E-state index in [1.54, 1.807) is 16.8 Å². The summed E-state index contributed by atoms with van der Waals surface area (Å²) in [5, 5.41) is 0.671. The monoisotopic (exact) mass is 181 g/mol. The number of aryl methyl sites for hydroxylation is 1. The summed E-state index contributed by atoms with van der Waals surface area (Å²) in [4.78, 5) is 4.14. The van der Waals surface area contributed by atoms with Crippen LogP contribution < -0.4 is 5.73 Å². The smallest absolute Gasteiger partial charge is 0.141 e. The largest absolute Gasteiger partial charge is 0.383 e. The molecule has 2 heterocycles. The first-order valence-electron chi connectivity index (χ1n) is 3.57. The van der Waals surface area contributed by atoms with Crippen molar-refractivity contribution in [3.63, 3.8) is 0 Å². The van der Waals surface area contributed by atoms with Gasteiger partial charge in [-0.05, 0) is 18.6 Å². The molecule has 2 rings (SSSR count). The zero-order chi connectivity index (χ0) is 8.72. The van der Waals surface area contributed by atoms with Crippen molar-refractivity contribution in [2.75, 3.05) is 5.73 Å². The maximum atomic E-state index is 5.85. The Labute approximate surface area is 74.8 Å². The lowest BCUT2D eigenvalue weighted by Crippen LogP contribution is -1.93. The van der Waals surface area contributed by atoms with E-state index in [0.717, 1.165) is 11.2 Å². The Hall–Kier alpha value is -1.22. The third-order valence-corrected chi connectivity index (χ3v) is 1.99. The van der Waals surface area contributed by atoms with Crippen molar-refractivity contribution in [1.82, 2.24) is 9.38 Å². The number of pyridine rings is 1. The molecule has 4 heteroatoms. The van der Waals surface area contributed by atoms with Gasteiger partial charge in [0, 0.05) is 6.20 Å². The van der Waals surface area contributed by atoms with E-state index in [1.807, 2.05) is 13.0 Å². The average Bonchev–Trinajstić information content (AvgIpc) is 2.33. The van der Waals surface area contributed by atoms with Crippen LogP contribution in [0.2, 0.25) is 5.02 Å². The second-order valence-electron chi connectivity index (χ2n) is 2.72. The second kappa shape index (κ2) is 2.38. The fourth-order valence-electron chi connectivity index (χ4n) is 1.23. The van der Waals surface area contributed by atoms with E-state index in [2.05, 4.69) is 4.98 Å². The van der Waals surface area contributed by atoms with E-state index in [4.69, 9.17) is 17.3 Å². The van der Waals surface area contributed by atoms with Gasteiger partial charge in [0.2, 0.25) is 0 Å². The standard InChI is InChI=1S/C8H8ClN3/c1-5-2-6(9)4-12-7(10)3-11-8(5)12/h2-4H,10H2,1H3. The van der Waals surface area contributed by atoms with Gasteiger partial charge in [0.1, 0.15) is 11.5 Å². The summed E-state index contributed by atoms with van der Waals surface area (Å²) in [6.07, 6.45) is 3.38. The van der Waals surface area contributed by atoms with Crippen LogP contribution in [0.25, 0.3) is 5.65 Å². The first kappa shape index (κ1) is 7.43. The lowest BCUT2D eigenvalue weighted by Gasteiger charge is -1.99. The Morgan fingerprint density at radius 2 is 2.33 bits per heavy atom. The summed E-state index contributed by atoms with van der Waals surface area (Å²) in [5.74, 6) is 0.607. The average molecular weight is 182 g/mol. The summed E-state index contributed by atoms with van der Waals surface area (Å²) >= 11 is 5.85. The molecule has 0 aliphatic heterocycles. The molecule has 3 nitrogen and oxygen atoms in total. The molecular formula is C8H8ClN3. The van der Waals surface area contributed by atoms with Crippen molar-refractivity contribution in [2.45, 2.75) is 6.92 Å². The maximum absolute atomic E-state index is 5.85. The van der Waals surface area contributed by atoms with Crippen molar-refractivity contribution < 1.29 is 0 Å². The molecule has 0 saturated heterocycles. The summed E-state index contributed by atoms with van der Waals surface area (Å²) in [6, 6.07) is 1.86. The highest BCUT2D eigenvalue weighted by atomic mass is 35.5. The summed E-state index contributed by atoms with van der Waals surface area (Å²) < 4.78 is 1.78. The number of hydrogen-bond donors (Lipinski definition) is 1. The number of nitrogens with two attached hydrogens (primary N) is 1. The summed E-state index contributed by atoms with van der Waals surface area (Å²) in [6.45, 7) is 1.95. The van der Waals surface area contributed by atoms with Crippen molar-refractivity contribution in [1.29, 1.82) is 0 Å². The van der Waals surface area contributed by atoms with Gasteiger partial charge in [-0.25, -0.2) is 4.98 Å². The Kier molecular flexibility index (Phi) is 1.48. The fraction of sp³-hybridized carbons (Fsp3) is 0.125. The topological polar surface area (TPSA) is 43.3 Å². The molecule has 2 aromatic rings. The molecule has 62 valence electrons. The molecule has 0 aliphatic carbocycles. The lowest BCUT2D eigenvalue weighted by atomic mass is 10.3. The molecule has 12 heavy (non-hydrogen) atoms. The van der Waals surface area contributed by atoms with Crippen molar-refractivity contribution in [3.8, 4) is 0 Å². The Bertz CT molecular complexity index is 433. The van der Waals surface area contributed by atoms with Crippen LogP contribution in [0.3, 0.4) is 0 Å². The van der Waals surface area contributed by atoms with E-state index in [-0.39, 0.29) is 0 Å². The van der Waals surface area contributed by atoms with Gasteiger partial charge in [-0.1, -0.05) is 11.6 Å². The molecule has 2 N–H and O–H groups in total. The van der Waals surface area contributed by atoms with Gasteiger partial charge in [-0.2, -0.15) is 0 Å². The van der Waals surface area contributed by atoms with Gasteiger partial charge in [0.25, 0.3) is 0 Å². The molecule has 0 aromatic carbocycles. The van der Waals surface area contributed by atoms with Crippen LogP contribution in [0.5, 0.6) is 0 Å². The highest BCUT2D eigenvalue weighted by Gasteiger charge is 2.02. The molecule has 0 amide bonds. The number of hydrogen-bond acceptors (Lipinski definition) is 2. The molecule has 2 aromatic heterocycles. The van der Waals surface area contributed by atoms with E-state index in [1.165, 1.54) is 0 Å². The van der Waals surface area contributed by atoms with Gasteiger partial charge < -0.3 is 5.73 Å². The minimum absolute atomic E-state index is 0.607. The molecule has 0 aliphatic rings. The maximum Gasteiger partial charge on any atom is 0.141 e. The van der Waals surface area contributed by atoms with E-state index < -0.39 is 0 Å². The molecule has 0 atom stereocenters. The molecule has 0 saturated carbocycles. The zero-order valence-electron chi connectivity index (χ0n) is 6.58. The number of anilines is 1. The SMILES string of the molecule is Cc1cc(Cl)cn2c(N)cnc12. The molecule has 0 unspecified atom stereocenters. The van der Waals surface area contributed by atoms with Gasteiger partial charge >= 0.3 is 0 Å². The Morgan fingerprint density at radius 3 is 3.08 bits per heavy atom. The number of rotatable bonds is 0. The number of imidazole rings is 1. The first-order chi connectivity index (χ1) is 5.68. The number of nitrogen functional groups attached to an aromatic ring is 1. The Balaban J connectivity index is 2.92. The number of nitrogens with zero attached hydrogens (tertiary/aromatic N) is 2. The van der Waals surface area contributed by atoms with E-state index >= 15 is 0 Å². The van der Waals surface area contributed by atoms with Crippen molar-refractivity contribution in [3.05, 3.63) is 29.0 Å². The number of aromatic nitrogens is 2. The van der Waals surface area contributed by atoms with Crippen LogP contribution in [0.1, 0.15) is 5.56 Å². The third kappa shape index (κ3) is 0.940. The highest BCUT2D eigenvalue weighted by Crippen LogP contribution is 2.17. The molecule has 0 spiro atoms. The van der Waals surface area contributed by atoms with Crippen LogP contribution >= 0.6 is 11.6 Å². The fourth-order valence-corrected chi connectivity index (χ4v) is 1.49. The van der Waals surface area contributed by atoms with Crippen LogP contribution in [0.4, 0.5) is 5.82 Å². The number of halogens is 1. The quantitative estimate of drug-likeness (QED) is 0.675. The minimum atomic E-state index is 0.607. The molecule has 0 fully saturated rings. The van der Waals surface area contributed by atoms with Crippen LogP contribution in [0.15, 0.2) is 18.5 Å². The van der Waals surface area contributed by atoms with Crippen LogP contribution in [0, 0.1) is 6.92 Å². The van der Waals surface area contributed by atoms with Crippen molar-refractivity contribution in [2.24, 2.45) is 0 Å². The van der Waals surface area contributed by atoms with Gasteiger partial charge in [0.05, 0.1) is 11.2 Å². The Morgan fingerprint density at radius 1 is 1.58 bits per heavy atom. The van der Waals surface area contributed by atoms with E-state index in [9.17, 15) is 0 Å².